The molecule has 0 bridgehead atoms. The van der Waals surface area contributed by atoms with Crippen molar-refractivity contribution in [2.45, 2.75) is 30.5 Å². The smallest absolute Gasteiger partial charge is 0.240 e. The van der Waals surface area contributed by atoms with Gasteiger partial charge in [-0.1, -0.05) is 18.2 Å². The van der Waals surface area contributed by atoms with E-state index in [0.29, 0.717) is 13.1 Å². The van der Waals surface area contributed by atoms with E-state index in [4.69, 9.17) is 4.74 Å². The lowest BCUT2D eigenvalue weighted by molar-refractivity contribution is -0.130. The molecular weight excluding hydrogens is 386 g/mol. The summed E-state index contributed by atoms with van der Waals surface area (Å²) in [6.45, 7) is 5.11. The first kappa shape index (κ1) is 19.8. The maximum Gasteiger partial charge on any atom is 0.240 e. The number of aromatic nitrogens is 1. The highest BCUT2D eigenvalue weighted by Gasteiger charge is 2.37. The normalized spacial score (nSPS) is 15.1. The maximum absolute atomic E-state index is 13.5. The molecule has 0 aliphatic carbocycles. The summed E-state index contributed by atoms with van der Waals surface area (Å²) < 4.78 is 21.0. The van der Waals surface area contributed by atoms with Crippen molar-refractivity contribution in [2.24, 2.45) is 0 Å². The number of aryl methyl sites for hydroxylation is 1. The van der Waals surface area contributed by atoms with Crippen LogP contribution in [-0.2, 0) is 11.3 Å². The number of carbonyl (C=O) groups excluding carboxylic acids is 1. The number of thioether (sulfide) groups is 1. The summed E-state index contributed by atoms with van der Waals surface area (Å²) in [5.41, 5.74) is 3.90. The molecule has 4 rings (SSSR count). The van der Waals surface area contributed by atoms with E-state index >= 15 is 0 Å². The Morgan fingerprint density at radius 2 is 1.97 bits per heavy atom. The van der Waals surface area contributed by atoms with Gasteiger partial charge in [-0.3, -0.25) is 4.79 Å². The Morgan fingerprint density at radius 3 is 2.66 bits per heavy atom. The molecule has 0 fully saturated rings. The lowest BCUT2D eigenvalue weighted by Gasteiger charge is -2.29. The number of ether oxygens (including phenoxy) is 1. The predicted molar refractivity (Wildman–Crippen MR) is 116 cm³/mol. The van der Waals surface area contributed by atoms with Crippen LogP contribution in [0.25, 0.3) is 22.2 Å². The summed E-state index contributed by atoms with van der Waals surface area (Å²) >= 11 is 1.59. The van der Waals surface area contributed by atoms with Gasteiger partial charge >= 0.3 is 0 Å². The van der Waals surface area contributed by atoms with E-state index in [1.54, 1.807) is 18.9 Å². The van der Waals surface area contributed by atoms with Gasteiger partial charge in [-0.2, -0.15) is 0 Å². The molecule has 1 aromatic heterocycles. The fourth-order valence-corrected chi connectivity index (χ4v) is 5.49. The molecule has 4 nitrogen and oxygen atoms in total. The molecule has 2 heterocycles. The first-order chi connectivity index (χ1) is 14.1. The summed E-state index contributed by atoms with van der Waals surface area (Å²) in [4.78, 5) is 16.4. The SMILES string of the molecule is CCN(CC)C(=O)C1Sc2ccccc2-c2c1c1cc(OC)ccc1n2CC[18F]. The molecule has 1 unspecified atom stereocenters. The summed E-state index contributed by atoms with van der Waals surface area (Å²) in [6.07, 6.45) is 0. The van der Waals surface area contributed by atoms with Crippen molar-refractivity contribution in [3.05, 3.63) is 48.0 Å². The molecule has 1 aliphatic heterocycles. The monoisotopic (exact) mass is 411 g/mol. The molecular formula is C23H25FN2O2S. The van der Waals surface area contributed by atoms with E-state index in [2.05, 4.69) is 6.07 Å². The van der Waals surface area contributed by atoms with Crippen LogP contribution in [0.4, 0.5) is 4.39 Å². The molecule has 0 saturated carbocycles. The van der Waals surface area contributed by atoms with Crippen LogP contribution in [0.2, 0.25) is 0 Å². The summed E-state index contributed by atoms with van der Waals surface area (Å²) in [6, 6.07) is 13.9. The minimum Gasteiger partial charge on any atom is -0.497 e. The fourth-order valence-electron chi connectivity index (χ4n) is 4.19. The Kier molecular flexibility index (Phi) is 5.54. The third-order valence-corrected chi connectivity index (χ3v) is 6.85. The number of halogens is 1. The highest BCUT2D eigenvalue weighted by atomic mass is 32.2. The summed E-state index contributed by atoms with van der Waals surface area (Å²) in [5, 5.41) is 0.593. The second-order valence-corrected chi connectivity index (χ2v) is 8.14. The molecule has 1 atom stereocenters. The van der Waals surface area contributed by atoms with Crippen molar-refractivity contribution in [2.75, 3.05) is 26.9 Å². The van der Waals surface area contributed by atoms with Gasteiger partial charge in [-0.05, 0) is 38.1 Å². The zero-order chi connectivity index (χ0) is 20.5. The quantitative estimate of drug-likeness (QED) is 0.552. The average molecular weight is 412 g/mol. The van der Waals surface area contributed by atoms with Gasteiger partial charge in [-0.25, -0.2) is 4.39 Å². The lowest BCUT2D eigenvalue weighted by Crippen LogP contribution is -2.34. The highest BCUT2D eigenvalue weighted by molar-refractivity contribution is 8.00. The van der Waals surface area contributed by atoms with Gasteiger partial charge in [0.2, 0.25) is 5.91 Å². The second-order valence-electron chi connectivity index (χ2n) is 6.99. The molecule has 29 heavy (non-hydrogen) atoms. The Morgan fingerprint density at radius 1 is 1.21 bits per heavy atom. The van der Waals surface area contributed by atoms with Crippen LogP contribution in [0.15, 0.2) is 47.4 Å². The standard InChI is InChI=1S/C23H25FN2O2S/c1-4-25(5-2)23(27)22-20-17-14-15(28-3)10-11-18(17)26(13-12-24)21(20)16-8-6-7-9-19(16)29-22/h6-11,14,22H,4-5,12-13H2,1-3H3/i24-1. The van der Waals surface area contributed by atoms with Crippen LogP contribution < -0.4 is 4.74 Å². The summed E-state index contributed by atoms with van der Waals surface area (Å²) in [5.74, 6) is 0.827. The first-order valence-corrected chi connectivity index (χ1v) is 10.8. The molecule has 0 saturated heterocycles. The Bertz CT molecular complexity index is 1060. The third-order valence-electron chi connectivity index (χ3n) is 5.57. The van der Waals surface area contributed by atoms with Crippen LogP contribution in [0, 0.1) is 0 Å². The van der Waals surface area contributed by atoms with Gasteiger partial charge in [-0.15, -0.1) is 11.8 Å². The Hall–Kier alpha value is -2.47. The van der Waals surface area contributed by atoms with Crippen LogP contribution in [0.3, 0.4) is 0 Å². The van der Waals surface area contributed by atoms with E-state index in [-0.39, 0.29) is 17.7 Å². The molecule has 0 radical (unpaired) electrons. The van der Waals surface area contributed by atoms with Crippen LogP contribution in [0.1, 0.15) is 24.7 Å². The van der Waals surface area contributed by atoms with Crippen molar-refractivity contribution in [3.8, 4) is 17.0 Å². The number of hydrogen-bond donors (Lipinski definition) is 0. The molecule has 6 heteroatoms. The Labute approximate surface area is 174 Å². The minimum absolute atomic E-state index is 0.0953. The van der Waals surface area contributed by atoms with Crippen molar-refractivity contribution in [1.82, 2.24) is 9.47 Å². The van der Waals surface area contributed by atoms with Crippen molar-refractivity contribution in [1.29, 1.82) is 0 Å². The topological polar surface area (TPSA) is 34.5 Å². The van der Waals surface area contributed by atoms with E-state index in [1.807, 2.05) is 59.7 Å². The number of nitrogens with zero attached hydrogens (tertiary/aromatic N) is 2. The molecule has 0 spiro atoms. The van der Waals surface area contributed by atoms with Crippen molar-refractivity contribution in [3.63, 3.8) is 0 Å². The van der Waals surface area contributed by atoms with Crippen LogP contribution in [0.5, 0.6) is 5.75 Å². The zero-order valence-corrected chi connectivity index (χ0v) is 17.8. The number of hydrogen-bond acceptors (Lipinski definition) is 3. The molecule has 0 N–H and O–H groups in total. The van der Waals surface area contributed by atoms with Gasteiger partial charge in [0.25, 0.3) is 0 Å². The number of likely N-dealkylation sites (N-methyl/N-ethyl adjacent to an activating group) is 1. The average Bonchev–Trinajstić information content (AvgIpc) is 3.08. The molecule has 1 amide bonds. The number of methoxy groups -OCH3 is 1. The largest absolute Gasteiger partial charge is 0.497 e. The minimum atomic E-state index is -0.466. The van der Waals surface area contributed by atoms with Crippen molar-refractivity contribution < 1.29 is 13.9 Å². The maximum atomic E-state index is 13.5. The van der Waals surface area contributed by atoms with E-state index in [9.17, 15) is 9.18 Å². The number of benzene rings is 2. The molecule has 152 valence electrons. The number of carbonyl (C=O) groups is 1. The van der Waals surface area contributed by atoms with Gasteiger partial charge in [0.15, 0.2) is 0 Å². The highest BCUT2D eigenvalue weighted by Crippen LogP contribution is 2.53. The first-order valence-electron chi connectivity index (χ1n) is 9.95. The Balaban J connectivity index is 2.04. The van der Waals surface area contributed by atoms with E-state index < -0.39 is 6.67 Å². The van der Waals surface area contributed by atoms with Crippen LogP contribution in [-0.4, -0.2) is 42.2 Å². The van der Waals surface area contributed by atoms with Gasteiger partial charge in [0.1, 0.15) is 17.7 Å². The van der Waals surface area contributed by atoms with Gasteiger partial charge in [0.05, 0.1) is 19.3 Å². The molecule has 3 aromatic rings. The van der Waals surface area contributed by atoms with Gasteiger partial charge in [0, 0.05) is 40.0 Å². The number of amides is 1. The predicted octanol–water partition coefficient (Wildman–Crippen LogP) is 5.30. The zero-order valence-electron chi connectivity index (χ0n) is 16.9. The van der Waals surface area contributed by atoms with E-state index in [1.165, 1.54) is 0 Å². The van der Waals surface area contributed by atoms with Gasteiger partial charge < -0.3 is 14.2 Å². The fraction of sp³-hybridized carbons (Fsp3) is 0.348. The number of alkyl halides is 1. The number of rotatable bonds is 6. The molecule has 1 aliphatic rings. The summed E-state index contributed by atoms with van der Waals surface area (Å²) in [7, 11) is 1.63. The number of fused-ring (bicyclic) bond motifs is 5. The second kappa shape index (κ2) is 8.11. The van der Waals surface area contributed by atoms with E-state index in [0.717, 1.165) is 38.4 Å². The molecule has 2 aromatic carbocycles. The third kappa shape index (κ3) is 3.19. The van der Waals surface area contributed by atoms with Crippen LogP contribution >= 0.6 is 11.8 Å². The van der Waals surface area contributed by atoms with Crippen molar-refractivity contribution >= 4 is 28.6 Å². The lowest BCUT2D eigenvalue weighted by atomic mass is 10.00.